The van der Waals surface area contributed by atoms with Crippen LogP contribution in [0.1, 0.15) is 60.1 Å². The van der Waals surface area contributed by atoms with E-state index in [-0.39, 0.29) is 5.91 Å². The highest BCUT2D eigenvalue weighted by Gasteiger charge is 2.26. The van der Waals surface area contributed by atoms with Gasteiger partial charge in [-0.25, -0.2) is 10.8 Å². The van der Waals surface area contributed by atoms with E-state index >= 15 is 0 Å². The molecule has 3 aromatic rings. The Kier molecular flexibility index (Phi) is 18.7. The number of thioether (sulfide) groups is 1. The second kappa shape index (κ2) is 22.3. The molecule has 5 rings (SSSR count). The number of nitrogens with two attached hydrogens (primary N) is 1. The van der Waals surface area contributed by atoms with Crippen LogP contribution in [-0.4, -0.2) is 104 Å². The molecule has 11 nitrogen and oxygen atoms in total. The molecule has 2 aromatic carbocycles. The molecule has 3 heterocycles. The number of ether oxygens (including phenoxy) is 1. The molecule has 51 heavy (non-hydrogen) atoms. The number of hydrogen-bond donors (Lipinski definition) is 4. The third kappa shape index (κ3) is 12.0. The van der Waals surface area contributed by atoms with Crippen molar-refractivity contribution in [1.82, 2.24) is 20.2 Å². The zero-order valence-electron chi connectivity index (χ0n) is 31.5. The number of nitrogens with zero attached hydrogens (tertiary/aromatic N) is 4. The van der Waals surface area contributed by atoms with Crippen molar-refractivity contribution >= 4 is 47.3 Å². The molecular weight excluding hydrogens is 661 g/mol. The number of pyridine rings is 1. The third-order valence-corrected chi connectivity index (χ3v) is 9.77. The van der Waals surface area contributed by atoms with Crippen LogP contribution in [0.4, 0.5) is 5.69 Å². The van der Waals surface area contributed by atoms with Crippen LogP contribution in [0.5, 0.6) is 5.88 Å². The Morgan fingerprint density at radius 2 is 1.82 bits per heavy atom. The van der Waals surface area contributed by atoms with Gasteiger partial charge in [-0.1, -0.05) is 38.1 Å². The van der Waals surface area contributed by atoms with Crippen molar-refractivity contribution in [3.63, 3.8) is 0 Å². The SMILES string of the molecule is C=O.CC.CN=C(NN)c1ccc(C2=CCN(C(=O)CN3CC[C@H](SC)C3)CC2)c(C)c1.CNc1ccc(C)c(C(=N)c2ccc(OC)nc2)c1. The number of carbonyl (C=O) groups excluding carboxylic acids is 2. The van der Waals surface area contributed by atoms with E-state index in [1.165, 1.54) is 23.1 Å². The fraction of sp³-hybridized carbons (Fsp3) is 0.410. The number of aryl methyl sites for hydroxylation is 2. The smallest absolute Gasteiger partial charge is 0.237 e. The van der Waals surface area contributed by atoms with Crippen LogP contribution in [0.3, 0.4) is 0 Å². The van der Waals surface area contributed by atoms with Gasteiger partial charge in [0.2, 0.25) is 11.8 Å². The van der Waals surface area contributed by atoms with Gasteiger partial charge in [-0.05, 0) is 86.0 Å². The number of amidine groups is 1. The summed E-state index contributed by atoms with van der Waals surface area (Å²) in [7, 11) is 5.16. The van der Waals surface area contributed by atoms with Crippen LogP contribution in [0, 0.1) is 19.3 Å². The number of likely N-dealkylation sites (tertiary alicyclic amines) is 1. The number of carbonyl (C=O) groups is 2. The molecule has 0 unspecified atom stereocenters. The maximum atomic E-state index is 12.7. The quantitative estimate of drug-likeness (QED) is 0.0963. The summed E-state index contributed by atoms with van der Waals surface area (Å²) in [4.78, 5) is 33.2. The van der Waals surface area contributed by atoms with Crippen molar-refractivity contribution in [2.45, 2.75) is 45.8 Å². The first-order valence-corrected chi connectivity index (χ1v) is 18.4. The van der Waals surface area contributed by atoms with Crippen molar-refractivity contribution in [1.29, 1.82) is 5.41 Å². The van der Waals surface area contributed by atoms with Crippen molar-refractivity contribution in [3.05, 3.63) is 94.2 Å². The number of nitrogens with one attached hydrogen (secondary N) is 3. The summed E-state index contributed by atoms with van der Waals surface area (Å²) >= 11 is 1.91. The summed E-state index contributed by atoms with van der Waals surface area (Å²) in [5.74, 6) is 7.01. The lowest BCUT2D eigenvalue weighted by Crippen LogP contribution is -2.41. The van der Waals surface area contributed by atoms with E-state index in [9.17, 15) is 4.79 Å². The first kappa shape index (κ1) is 42.6. The molecule has 0 aliphatic carbocycles. The molecule has 2 aliphatic heterocycles. The Labute approximate surface area is 308 Å². The highest BCUT2D eigenvalue weighted by Crippen LogP contribution is 2.27. The maximum Gasteiger partial charge on any atom is 0.237 e. The van der Waals surface area contributed by atoms with Gasteiger partial charge in [0.05, 0.1) is 19.4 Å². The van der Waals surface area contributed by atoms with Gasteiger partial charge in [0.25, 0.3) is 0 Å². The number of amides is 1. The summed E-state index contributed by atoms with van der Waals surface area (Å²) < 4.78 is 5.02. The number of aliphatic imine (C=N–C) groups is 1. The van der Waals surface area contributed by atoms with Crippen LogP contribution < -0.4 is 21.3 Å². The summed E-state index contributed by atoms with van der Waals surface area (Å²) in [6, 6.07) is 15.9. The number of methoxy groups -OCH3 is 1. The molecular formula is C39H56N8O3S. The standard InChI is InChI=1S/C21H31N5OS.C15H17N3O.C2H6.CH2O/c1-15-12-17(21(23-2)24-22)4-5-19(15)16-6-10-26(11-7-16)20(27)14-25-9-8-18(13-25)28-3;1-10-4-6-12(17-2)8-13(10)15(16)11-5-7-14(19-3)18-9-11;2*1-2/h4-6,12,18H,7-11,13-14,22H2,1-3H3,(H,23,24);4-9,16-17H,1-3H3;1-2H3;1H2/t18-;;;/m0.../s1. The van der Waals surface area contributed by atoms with Crippen molar-refractivity contribution in [2.75, 3.05) is 65.5 Å². The molecule has 1 aromatic heterocycles. The minimum absolute atomic E-state index is 0.252. The van der Waals surface area contributed by atoms with Crippen LogP contribution in [-0.2, 0) is 9.59 Å². The molecule has 1 saturated heterocycles. The lowest BCUT2D eigenvalue weighted by atomic mass is 9.94. The topological polar surface area (TPSA) is 149 Å². The minimum Gasteiger partial charge on any atom is -0.481 e. The number of hydrogen-bond acceptors (Lipinski definition) is 10. The van der Waals surface area contributed by atoms with Crippen LogP contribution in [0.2, 0.25) is 0 Å². The predicted molar refractivity (Wildman–Crippen MR) is 214 cm³/mol. The second-order valence-electron chi connectivity index (χ2n) is 11.7. The van der Waals surface area contributed by atoms with E-state index in [0.717, 1.165) is 54.0 Å². The molecule has 1 atom stereocenters. The maximum absolute atomic E-state index is 12.7. The summed E-state index contributed by atoms with van der Waals surface area (Å²) in [5, 5.41) is 12.1. The molecule has 0 radical (unpaired) electrons. The van der Waals surface area contributed by atoms with E-state index < -0.39 is 0 Å². The van der Waals surface area contributed by atoms with Crippen LogP contribution >= 0.6 is 11.8 Å². The van der Waals surface area contributed by atoms with Crippen LogP contribution in [0.15, 0.2) is 65.8 Å². The monoisotopic (exact) mass is 716 g/mol. The largest absolute Gasteiger partial charge is 0.481 e. The Balaban J connectivity index is 0.000000341. The van der Waals surface area contributed by atoms with Gasteiger partial charge >= 0.3 is 0 Å². The van der Waals surface area contributed by atoms with Gasteiger partial charge in [-0.15, -0.1) is 0 Å². The van der Waals surface area contributed by atoms with Crippen molar-refractivity contribution < 1.29 is 14.3 Å². The minimum atomic E-state index is 0.252. The van der Waals surface area contributed by atoms with E-state index in [4.69, 9.17) is 20.8 Å². The molecule has 5 N–H and O–H groups in total. The van der Waals surface area contributed by atoms with E-state index in [1.807, 2.05) is 81.6 Å². The molecule has 0 bridgehead atoms. The van der Waals surface area contributed by atoms with Gasteiger partial charge in [0.15, 0.2) is 0 Å². The molecule has 1 fully saturated rings. The molecule has 2 aliphatic rings. The highest BCUT2D eigenvalue weighted by atomic mass is 32.2. The first-order chi connectivity index (χ1) is 24.7. The third-order valence-electron chi connectivity index (χ3n) is 8.72. The second-order valence-corrected chi connectivity index (χ2v) is 12.8. The van der Waals surface area contributed by atoms with Gasteiger partial charge in [-0.2, -0.15) is 11.8 Å². The van der Waals surface area contributed by atoms with Crippen molar-refractivity contribution in [2.24, 2.45) is 10.8 Å². The van der Waals surface area contributed by atoms with Crippen LogP contribution in [0.25, 0.3) is 5.57 Å². The van der Waals surface area contributed by atoms with E-state index in [0.29, 0.717) is 35.8 Å². The molecule has 276 valence electrons. The molecule has 0 saturated carbocycles. The Morgan fingerprint density at radius 1 is 1.10 bits per heavy atom. The normalized spacial score (nSPS) is 15.5. The van der Waals surface area contributed by atoms with E-state index in [2.05, 4.69) is 57.0 Å². The highest BCUT2D eigenvalue weighted by molar-refractivity contribution is 7.99. The van der Waals surface area contributed by atoms with Gasteiger partial charge < -0.3 is 25.2 Å². The zero-order valence-corrected chi connectivity index (χ0v) is 32.3. The lowest BCUT2D eigenvalue weighted by molar-refractivity contribution is -0.131. The Hall–Kier alpha value is -4.52. The van der Waals surface area contributed by atoms with Gasteiger partial charge in [0, 0.05) is 73.6 Å². The number of benzene rings is 2. The molecule has 1 amide bonds. The number of rotatable bonds is 9. The average molecular weight is 717 g/mol. The van der Waals surface area contributed by atoms with Gasteiger partial charge in [-0.3, -0.25) is 20.1 Å². The van der Waals surface area contributed by atoms with Gasteiger partial charge in [0.1, 0.15) is 12.6 Å². The van der Waals surface area contributed by atoms with E-state index in [1.54, 1.807) is 26.4 Å². The lowest BCUT2D eigenvalue weighted by Gasteiger charge is -2.29. The first-order valence-electron chi connectivity index (χ1n) is 17.1. The molecule has 0 spiro atoms. The Morgan fingerprint density at radius 3 is 2.35 bits per heavy atom. The summed E-state index contributed by atoms with van der Waals surface area (Å²) in [6.07, 6.45) is 8.10. The number of hydrazine groups is 1. The fourth-order valence-electron chi connectivity index (χ4n) is 5.86. The summed E-state index contributed by atoms with van der Waals surface area (Å²) in [6.45, 7) is 14.2. The number of anilines is 1. The molecule has 12 heteroatoms. The van der Waals surface area contributed by atoms with Crippen molar-refractivity contribution in [3.8, 4) is 5.88 Å². The fourth-order valence-corrected chi connectivity index (χ4v) is 6.57. The number of aromatic nitrogens is 1. The average Bonchev–Trinajstić information content (AvgIpc) is 3.65. The zero-order chi connectivity index (χ0) is 37.9. The summed E-state index contributed by atoms with van der Waals surface area (Å²) in [5.41, 5.74) is 11.6. The predicted octanol–water partition coefficient (Wildman–Crippen LogP) is 5.59. The Bertz CT molecular complexity index is 1630.